The predicted octanol–water partition coefficient (Wildman–Crippen LogP) is 6.71. The summed E-state index contributed by atoms with van der Waals surface area (Å²) >= 11 is 1.30. The summed E-state index contributed by atoms with van der Waals surface area (Å²) < 4.78 is 6.96. The molecule has 1 spiro atoms. The average molecular weight is 552 g/mol. The van der Waals surface area contributed by atoms with Gasteiger partial charge in [-0.05, 0) is 67.6 Å². The van der Waals surface area contributed by atoms with Crippen molar-refractivity contribution < 1.29 is 9.53 Å². The molecule has 6 nitrogen and oxygen atoms in total. The van der Waals surface area contributed by atoms with Crippen molar-refractivity contribution >= 4 is 23.4 Å². The lowest BCUT2D eigenvalue weighted by Gasteiger charge is -2.42. The first-order valence-electron chi connectivity index (χ1n) is 13.9. The average Bonchev–Trinajstić information content (AvgIpc) is 2.97. The van der Waals surface area contributed by atoms with E-state index >= 15 is 0 Å². The second-order valence-electron chi connectivity index (χ2n) is 10.8. The molecule has 0 unspecified atom stereocenters. The van der Waals surface area contributed by atoms with Crippen molar-refractivity contribution in [2.24, 2.45) is 0 Å². The van der Waals surface area contributed by atoms with E-state index in [1.807, 2.05) is 61.5 Å². The normalized spacial score (nSPS) is 15.2. The van der Waals surface area contributed by atoms with Crippen LogP contribution in [0.25, 0.3) is 16.9 Å². The number of aromatic nitrogens is 2. The van der Waals surface area contributed by atoms with Gasteiger partial charge in [0.05, 0.1) is 29.8 Å². The highest BCUT2D eigenvalue weighted by Crippen LogP contribution is 2.49. The zero-order valence-corrected chi connectivity index (χ0v) is 23.7. The van der Waals surface area contributed by atoms with Crippen molar-refractivity contribution in [3.63, 3.8) is 0 Å². The molecule has 0 bridgehead atoms. The molecule has 1 amide bonds. The fraction of sp³-hybridized carbons (Fsp3) is 0.303. The maximum Gasteiger partial charge on any atom is 0.263 e. The SMILES string of the molecule is COc1ccc(NC(=O)CSc2nc3c(c(=O)n2-c2ccccc2C)C2(CCCCC2)Cc2ccccc2-3)cc1. The number of ether oxygens (including phenoxy) is 1. The maximum atomic E-state index is 14.7. The van der Waals surface area contributed by atoms with Gasteiger partial charge in [0.1, 0.15) is 5.75 Å². The summed E-state index contributed by atoms with van der Waals surface area (Å²) in [6.07, 6.45) is 6.31. The van der Waals surface area contributed by atoms with Gasteiger partial charge in [0, 0.05) is 16.7 Å². The van der Waals surface area contributed by atoms with Gasteiger partial charge < -0.3 is 10.1 Å². The van der Waals surface area contributed by atoms with Gasteiger partial charge in [-0.3, -0.25) is 14.2 Å². The molecule has 0 radical (unpaired) electrons. The Hall–Kier alpha value is -3.84. The molecule has 1 saturated carbocycles. The first-order chi connectivity index (χ1) is 19.5. The van der Waals surface area contributed by atoms with E-state index in [0.29, 0.717) is 10.8 Å². The van der Waals surface area contributed by atoms with Gasteiger partial charge in [0.15, 0.2) is 5.16 Å². The molecule has 0 atom stereocenters. The molecule has 2 aliphatic carbocycles. The monoisotopic (exact) mass is 551 g/mol. The molecule has 6 rings (SSSR count). The van der Waals surface area contributed by atoms with E-state index < -0.39 is 0 Å². The standard InChI is InChI=1S/C33H33N3O3S/c1-22-10-4-7-13-27(22)36-31(38)29-30(26-12-6-5-11-23(26)20-33(29)18-8-3-9-19-33)35-32(36)40-21-28(37)34-24-14-16-25(39-2)17-15-24/h4-7,10-17H,3,8-9,18-21H2,1-2H3,(H,34,37). The summed E-state index contributed by atoms with van der Waals surface area (Å²) in [6.45, 7) is 2.01. The van der Waals surface area contributed by atoms with Crippen molar-refractivity contribution in [1.29, 1.82) is 0 Å². The Morgan fingerprint density at radius 1 is 1.00 bits per heavy atom. The summed E-state index contributed by atoms with van der Waals surface area (Å²) in [5, 5.41) is 3.48. The molecule has 40 heavy (non-hydrogen) atoms. The molecule has 4 aromatic rings. The van der Waals surface area contributed by atoms with E-state index in [2.05, 4.69) is 23.5 Å². The third kappa shape index (κ3) is 4.83. The zero-order chi connectivity index (χ0) is 27.7. The molecule has 0 saturated heterocycles. The van der Waals surface area contributed by atoms with Crippen molar-refractivity contribution in [3.8, 4) is 22.7 Å². The summed E-state index contributed by atoms with van der Waals surface area (Å²) in [4.78, 5) is 32.9. The lowest BCUT2D eigenvalue weighted by Crippen LogP contribution is -2.43. The number of nitrogens with zero attached hydrogens (tertiary/aromatic N) is 2. The van der Waals surface area contributed by atoms with Crippen molar-refractivity contribution in [3.05, 3.63) is 99.8 Å². The smallest absolute Gasteiger partial charge is 0.263 e. The van der Waals surface area contributed by atoms with Gasteiger partial charge in [0.2, 0.25) is 5.91 Å². The molecule has 1 heterocycles. The highest BCUT2D eigenvalue weighted by molar-refractivity contribution is 7.99. The van der Waals surface area contributed by atoms with Crippen LogP contribution in [-0.2, 0) is 16.6 Å². The third-order valence-electron chi connectivity index (χ3n) is 8.26. The van der Waals surface area contributed by atoms with Gasteiger partial charge in [0.25, 0.3) is 5.56 Å². The fourth-order valence-corrected chi connectivity index (χ4v) is 7.11. The van der Waals surface area contributed by atoms with E-state index in [4.69, 9.17) is 9.72 Å². The van der Waals surface area contributed by atoms with Crippen LogP contribution in [0.15, 0.2) is 82.7 Å². The van der Waals surface area contributed by atoms with Gasteiger partial charge in [-0.1, -0.05) is 73.5 Å². The first-order valence-corrected chi connectivity index (χ1v) is 14.9. The number of hydrogen-bond donors (Lipinski definition) is 1. The number of para-hydroxylation sites is 1. The number of rotatable bonds is 6. The van der Waals surface area contributed by atoms with Gasteiger partial charge >= 0.3 is 0 Å². The van der Waals surface area contributed by atoms with Crippen LogP contribution in [0.4, 0.5) is 5.69 Å². The molecular weight excluding hydrogens is 518 g/mol. The molecule has 204 valence electrons. The lowest BCUT2D eigenvalue weighted by molar-refractivity contribution is -0.113. The van der Waals surface area contributed by atoms with Crippen LogP contribution in [0, 0.1) is 6.92 Å². The van der Waals surface area contributed by atoms with E-state index in [1.54, 1.807) is 11.7 Å². The number of amides is 1. The van der Waals surface area contributed by atoms with Gasteiger partial charge in [-0.25, -0.2) is 4.98 Å². The molecule has 7 heteroatoms. The lowest BCUT2D eigenvalue weighted by atomic mass is 9.62. The fourth-order valence-electron chi connectivity index (χ4n) is 6.31. The van der Waals surface area contributed by atoms with E-state index in [-0.39, 0.29) is 22.6 Å². The molecule has 2 aliphatic rings. The third-order valence-corrected chi connectivity index (χ3v) is 9.20. The number of carbonyl (C=O) groups is 1. The van der Waals surface area contributed by atoms with Crippen LogP contribution >= 0.6 is 11.8 Å². The van der Waals surface area contributed by atoms with E-state index in [1.165, 1.54) is 23.7 Å². The summed E-state index contributed by atoms with van der Waals surface area (Å²) in [5.41, 5.74) is 6.21. The minimum absolute atomic E-state index is 0.00577. The topological polar surface area (TPSA) is 73.2 Å². The molecule has 0 aliphatic heterocycles. The molecule has 1 aromatic heterocycles. The van der Waals surface area contributed by atoms with Crippen molar-refractivity contribution in [2.45, 2.75) is 56.0 Å². The molecule has 3 aromatic carbocycles. The van der Waals surface area contributed by atoms with Gasteiger partial charge in [-0.15, -0.1) is 0 Å². The summed E-state index contributed by atoms with van der Waals surface area (Å²) in [6, 6.07) is 23.5. The Morgan fingerprint density at radius 3 is 2.48 bits per heavy atom. The number of methoxy groups -OCH3 is 1. The summed E-state index contributed by atoms with van der Waals surface area (Å²) in [7, 11) is 1.61. The Balaban J connectivity index is 1.45. The number of carbonyl (C=O) groups excluding carboxylic acids is 1. The van der Waals surface area contributed by atoms with Gasteiger partial charge in [-0.2, -0.15) is 0 Å². The minimum Gasteiger partial charge on any atom is -0.497 e. The van der Waals surface area contributed by atoms with Crippen LogP contribution in [0.3, 0.4) is 0 Å². The van der Waals surface area contributed by atoms with Crippen LogP contribution < -0.4 is 15.6 Å². The molecular formula is C33H33N3O3S. The Morgan fingerprint density at radius 2 is 1.73 bits per heavy atom. The second kappa shape index (κ2) is 11.0. The quantitative estimate of drug-likeness (QED) is 0.213. The predicted molar refractivity (Wildman–Crippen MR) is 161 cm³/mol. The number of anilines is 1. The van der Waals surface area contributed by atoms with Crippen LogP contribution in [-0.4, -0.2) is 28.3 Å². The Kier molecular flexibility index (Phi) is 7.24. The summed E-state index contributed by atoms with van der Waals surface area (Å²) in [5.74, 6) is 0.683. The highest BCUT2D eigenvalue weighted by Gasteiger charge is 2.43. The Bertz CT molecular complexity index is 1620. The molecule has 1 N–H and O–H groups in total. The number of fused-ring (bicyclic) bond motifs is 4. The van der Waals surface area contributed by atoms with Crippen molar-refractivity contribution in [2.75, 3.05) is 18.2 Å². The second-order valence-corrected chi connectivity index (χ2v) is 11.7. The molecule has 1 fully saturated rings. The number of thioether (sulfide) groups is 1. The van der Waals surface area contributed by atoms with Crippen LogP contribution in [0.1, 0.15) is 48.8 Å². The van der Waals surface area contributed by atoms with E-state index in [9.17, 15) is 9.59 Å². The first kappa shape index (κ1) is 26.4. The Labute approximate surface area is 238 Å². The van der Waals surface area contributed by atoms with E-state index in [0.717, 1.165) is 65.9 Å². The highest BCUT2D eigenvalue weighted by atomic mass is 32.2. The number of aryl methyl sites for hydroxylation is 1. The number of benzene rings is 3. The van der Waals surface area contributed by atoms with Crippen molar-refractivity contribution in [1.82, 2.24) is 9.55 Å². The van der Waals surface area contributed by atoms with Crippen LogP contribution in [0.5, 0.6) is 5.75 Å². The maximum absolute atomic E-state index is 14.7. The largest absolute Gasteiger partial charge is 0.497 e. The zero-order valence-electron chi connectivity index (χ0n) is 22.9. The minimum atomic E-state index is -0.203. The van der Waals surface area contributed by atoms with Crippen LogP contribution in [0.2, 0.25) is 0 Å². The number of hydrogen-bond acceptors (Lipinski definition) is 5. The number of nitrogens with one attached hydrogen (secondary N) is 1.